The number of piperidine rings is 1. The molecule has 3 heterocycles. The van der Waals surface area contributed by atoms with Crippen molar-refractivity contribution in [3.05, 3.63) is 47.8 Å². The predicted octanol–water partition coefficient (Wildman–Crippen LogP) is 2.26. The highest BCUT2D eigenvalue weighted by Crippen LogP contribution is 2.46. The molecule has 34 heavy (non-hydrogen) atoms. The highest BCUT2D eigenvalue weighted by molar-refractivity contribution is 5.83. The minimum atomic E-state index is -4.62. The van der Waals surface area contributed by atoms with Gasteiger partial charge in [0.1, 0.15) is 6.54 Å². The smallest absolute Gasteiger partial charge is 0.371 e. The van der Waals surface area contributed by atoms with Gasteiger partial charge in [-0.3, -0.25) is 14.3 Å². The number of hydrogen-bond donors (Lipinski definition) is 1. The molecule has 11 heteroatoms. The van der Waals surface area contributed by atoms with E-state index in [9.17, 15) is 22.8 Å². The van der Waals surface area contributed by atoms with Crippen LogP contribution in [0.4, 0.5) is 18.9 Å². The van der Waals surface area contributed by atoms with Crippen LogP contribution in [0.1, 0.15) is 24.0 Å². The summed E-state index contributed by atoms with van der Waals surface area (Å²) in [6, 6.07) is 7.07. The predicted molar refractivity (Wildman–Crippen MR) is 116 cm³/mol. The van der Waals surface area contributed by atoms with E-state index in [1.807, 2.05) is 4.90 Å². The first-order valence-corrected chi connectivity index (χ1v) is 11.0. The Morgan fingerprint density at radius 1 is 1.29 bits per heavy atom. The quantitative estimate of drug-likeness (QED) is 0.734. The third-order valence-electron chi connectivity index (χ3n) is 6.97. The summed E-state index contributed by atoms with van der Waals surface area (Å²) in [6.45, 7) is 1.69. The van der Waals surface area contributed by atoms with Crippen LogP contribution >= 0.6 is 0 Å². The summed E-state index contributed by atoms with van der Waals surface area (Å²) in [5, 5.41) is 15.8. The molecule has 1 atom stereocenters. The molecule has 1 spiro atoms. The van der Waals surface area contributed by atoms with Crippen molar-refractivity contribution in [1.29, 1.82) is 5.26 Å². The summed E-state index contributed by atoms with van der Waals surface area (Å²) >= 11 is 0. The minimum Gasteiger partial charge on any atom is -0.371 e. The van der Waals surface area contributed by atoms with Crippen molar-refractivity contribution in [2.24, 2.45) is 11.3 Å². The van der Waals surface area contributed by atoms with E-state index >= 15 is 0 Å². The standard InChI is InChI=1S/C23H25F3N6O2/c1-28-21(34)19-13-31(20(33)14-32-8-2-7-29-32)15-22(19)5-9-30(10-6-22)17-4-3-16(12-27)18(11-17)23(24,25)26/h2-4,7-8,11,19H,5-6,9-10,13-15H2,1H3,(H,28,34). The van der Waals surface area contributed by atoms with Crippen LogP contribution < -0.4 is 10.2 Å². The molecule has 8 nitrogen and oxygen atoms in total. The molecule has 180 valence electrons. The summed E-state index contributed by atoms with van der Waals surface area (Å²) in [4.78, 5) is 29.1. The summed E-state index contributed by atoms with van der Waals surface area (Å²) in [6.07, 6.45) is -0.223. The number of nitriles is 1. The van der Waals surface area contributed by atoms with Crippen LogP contribution in [0.15, 0.2) is 36.7 Å². The Morgan fingerprint density at radius 2 is 2.03 bits per heavy atom. The van der Waals surface area contributed by atoms with E-state index in [2.05, 4.69) is 10.4 Å². The lowest BCUT2D eigenvalue weighted by molar-refractivity contribution is -0.137. The van der Waals surface area contributed by atoms with Gasteiger partial charge in [-0.2, -0.15) is 23.5 Å². The highest BCUT2D eigenvalue weighted by Gasteiger charge is 2.52. The van der Waals surface area contributed by atoms with Gasteiger partial charge < -0.3 is 15.1 Å². The Labute approximate surface area is 194 Å². The molecule has 2 fully saturated rings. The van der Waals surface area contributed by atoms with Gasteiger partial charge in [-0.1, -0.05) is 0 Å². The van der Waals surface area contributed by atoms with Gasteiger partial charge in [-0.25, -0.2) is 0 Å². The Hall–Kier alpha value is -3.55. The number of anilines is 1. The average Bonchev–Trinajstić information content (AvgIpc) is 3.46. The number of hydrogen-bond acceptors (Lipinski definition) is 5. The molecule has 2 amide bonds. The van der Waals surface area contributed by atoms with E-state index in [1.165, 1.54) is 16.8 Å². The van der Waals surface area contributed by atoms with E-state index in [4.69, 9.17) is 5.26 Å². The number of alkyl halides is 3. The second kappa shape index (κ2) is 9.00. The molecule has 2 saturated heterocycles. The minimum absolute atomic E-state index is 0.0845. The second-order valence-corrected chi connectivity index (χ2v) is 8.83. The first kappa shape index (κ1) is 23.6. The third-order valence-corrected chi connectivity index (χ3v) is 6.97. The van der Waals surface area contributed by atoms with Crippen LogP contribution in [0.25, 0.3) is 0 Å². The van der Waals surface area contributed by atoms with Gasteiger partial charge in [0.25, 0.3) is 0 Å². The SMILES string of the molecule is CNC(=O)C1CN(C(=O)Cn2cccn2)CC12CCN(c1ccc(C#N)c(C(F)(F)F)c1)CC2. The Balaban J connectivity index is 1.51. The maximum atomic E-state index is 13.4. The summed E-state index contributed by atoms with van der Waals surface area (Å²) in [7, 11) is 1.56. The van der Waals surface area contributed by atoms with Crippen molar-refractivity contribution in [3.8, 4) is 6.07 Å². The molecule has 1 aromatic carbocycles. The fourth-order valence-electron chi connectivity index (χ4n) is 5.10. The molecule has 0 saturated carbocycles. The second-order valence-electron chi connectivity index (χ2n) is 8.83. The molecule has 2 aliphatic heterocycles. The first-order chi connectivity index (χ1) is 16.2. The fourth-order valence-corrected chi connectivity index (χ4v) is 5.10. The summed E-state index contributed by atoms with van der Waals surface area (Å²) in [5.74, 6) is -0.660. The number of likely N-dealkylation sites (tertiary alicyclic amines) is 1. The number of benzene rings is 1. The van der Waals surface area contributed by atoms with Gasteiger partial charge in [0.05, 0.1) is 23.1 Å². The molecular formula is C23H25F3N6O2. The monoisotopic (exact) mass is 474 g/mol. The Bertz CT molecular complexity index is 1100. The van der Waals surface area contributed by atoms with Crippen molar-refractivity contribution < 1.29 is 22.8 Å². The molecule has 1 aromatic heterocycles. The zero-order valence-electron chi connectivity index (χ0n) is 18.7. The molecule has 0 bridgehead atoms. The lowest BCUT2D eigenvalue weighted by Crippen LogP contribution is -2.48. The lowest BCUT2D eigenvalue weighted by atomic mass is 9.70. The molecule has 1 N–H and O–H groups in total. The first-order valence-electron chi connectivity index (χ1n) is 11.0. The van der Waals surface area contributed by atoms with Crippen LogP contribution in [-0.4, -0.2) is 59.7 Å². The molecule has 2 aromatic rings. The Morgan fingerprint density at radius 3 is 2.62 bits per heavy atom. The fraction of sp³-hybridized carbons (Fsp3) is 0.478. The number of amides is 2. The topological polar surface area (TPSA) is 94.3 Å². The number of carbonyl (C=O) groups is 2. The van der Waals surface area contributed by atoms with E-state index in [-0.39, 0.29) is 18.4 Å². The van der Waals surface area contributed by atoms with Gasteiger partial charge in [-0.05, 0) is 37.1 Å². The van der Waals surface area contributed by atoms with E-state index in [1.54, 1.807) is 36.5 Å². The van der Waals surface area contributed by atoms with E-state index in [0.29, 0.717) is 44.7 Å². The van der Waals surface area contributed by atoms with Crippen molar-refractivity contribution in [3.63, 3.8) is 0 Å². The van der Waals surface area contributed by atoms with Crippen LogP contribution in [0.3, 0.4) is 0 Å². The maximum absolute atomic E-state index is 13.4. The van der Waals surface area contributed by atoms with Crippen LogP contribution in [-0.2, 0) is 22.3 Å². The lowest BCUT2D eigenvalue weighted by Gasteiger charge is -2.43. The van der Waals surface area contributed by atoms with Crippen molar-refractivity contribution in [2.75, 3.05) is 38.1 Å². The van der Waals surface area contributed by atoms with Gasteiger partial charge in [-0.15, -0.1) is 0 Å². The van der Waals surface area contributed by atoms with E-state index in [0.717, 1.165) is 6.07 Å². The van der Waals surface area contributed by atoms with Gasteiger partial charge >= 0.3 is 6.18 Å². The molecule has 1 unspecified atom stereocenters. The van der Waals surface area contributed by atoms with Crippen LogP contribution in [0.5, 0.6) is 0 Å². The maximum Gasteiger partial charge on any atom is 0.417 e. The number of nitrogens with zero attached hydrogens (tertiary/aromatic N) is 5. The highest BCUT2D eigenvalue weighted by atomic mass is 19.4. The number of halogens is 3. The van der Waals surface area contributed by atoms with Crippen LogP contribution in [0.2, 0.25) is 0 Å². The number of aromatic nitrogens is 2. The largest absolute Gasteiger partial charge is 0.417 e. The zero-order valence-corrected chi connectivity index (χ0v) is 18.7. The summed E-state index contributed by atoms with van der Waals surface area (Å²) in [5.41, 5.74) is -1.42. The van der Waals surface area contributed by atoms with Crippen molar-refractivity contribution in [2.45, 2.75) is 25.6 Å². The van der Waals surface area contributed by atoms with Crippen molar-refractivity contribution in [1.82, 2.24) is 20.0 Å². The number of nitrogens with one attached hydrogen (secondary N) is 1. The number of rotatable bonds is 4. The molecule has 0 radical (unpaired) electrons. The van der Waals surface area contributed by atoms with Gasteiger partial charge in [0.2, 0.25) is 11.8 Å². The molecule has 2 aliphatic rings. The Kier molecular flexibility index (Phi) is 6.25. The molecule has 0 aliphatic carbocycles. The van der Waals surface area contributed by atoms with Gasteiger partial charge in [0, 0.05) is 56.7 Å². The zero-order chi connectivity index (χ0) is 24.5. The normalized spacial score (nSPS) is 19.8. The summed E-state index contributed by atoms with van der Waals surface area (Å²) < 4.78 is 41.7. The molecular weight excluding hydrogens is 449 g/mol. The third kappa shape index (κ3) is 4.44. The average molecular weight is 474 g/mol. The van der Waals surface area contributed by atoms with Gasteiger partial charge in [0.15, 0.2) is 0 Å². The van der Waals surface area contributed by atoms with E-state index < -0.39 is 28.6 Å². The molecule has 4 rings (SSSR count). The van der Waals surface area contributed by atoms with Crippen LogP contribution in [0, 0.1) is 22.7 Å². The number of carbonyl (C=O) groups excluding carboxylic acids is 2. The van der Waals surface area contributed by atoms with Crippen molar-refractivity contribution >= 4 is 17.5 Å².